The minimum absolute atomic E-state index is 0.226. The Balaban J connectivity index is 2.63. The molecule has 0 unspecified atom stereocenters. The SMILES string of the molecule is Cc1ccnn1-c1cccnc1C(N)=O. The van der Waals surface area contributed by atoms with Gasteiger partial charge in [-0.15, -0.1) is 0 Å². The van der Waals surface area contributed by atoms with Gasteiger partial charge >= 0.3 is 0 Å². The first-order valence-electron chi connectivity index (χ1n) is 4.46. The quantitative estimate of drug-likeness (QED) is 0.778. The fraction of sp³-hybridized carbons (Fsp3) is 0.100. The lowest BCUT2D eigenvalue weighted by Crippen LogP contribution is -2.17. The van der Waals surface area contributed by atoms with Gasteiger partial charge in [0.1, 0.15) is 0 Å². The van der Waals surface area contributed by atoms with Crippen molar-refractivity contribution >= 4 is 5.91 Å². The maximum Gasteiger partial charge on any atom is 0.269 e. The summed E-state index contributed by atoms with van der Waals surface area (Å²) >= 11 is 0. The van der Waals surface area contributed by atoms with E-state index in [0.717, 1.165) is 5.69 Å². The van der Waals surface area contributed by atoms with Crippen molar-refractivity contribution in [3.8, 4) is 5.69 Å². The number of nitrogens with zero attached hydrogens (tertiary/aromatic N) is 3. The molecule has 0 atom stereocenters. The van der Waals surface area contributed by atoms with Gasteiger partial charge in [0, 0.05) is 18.1 Å². The van der Waals surface area contributed by atoms with Crippen LogP contribution in [0, 0.1) is 6.92 Å². The fourth-order valence-electron chi connectivity index (χ4n) is 1.38. The van der Waals surface area contributed by atoms with Gasteiger partial charge in [0.15, 0.2) is 5.69 Å². The molecule has 5 heteroatoms. The van der Waals surface area contributed by atoms with E-state index in [1.54, 1.807) is 23.0 Å². The van der Waals surface area contributed by atoms with Crippen molar-refractivity contribution < 1.29 is 4.79 Å². The molecular formula is C10H10N4O. The molecule has 0 radical (unpaired) electrons. The molecule has 2 N–H and O–H groups in total. The highest BCUT2D eigenvalue weighted by Gasteiger charge is 2.11. The number of nitrogens with two attached hydrogens (primary N) is 1. The first-order valence-corrected chi connectivity index (χ1v) is 4.46. The highest BCUT2D eigenvalue weighted by molar-refractivity contribution is 5.94. The minimum Gasteiger partial charge on any atom is -0.364 e. The zero-order chi connectivity index (χ0) is 10.8. The predicted octanol–water partition coefficient (Wildman–Crippen LogP) is 0.675. The Morgan fingerprint density at radius 1 is 1.40 bits per heavy atom. The second-order valence-electron chi connectivity index (χ2n) is 3.12. The van der Waals surface area contributed by atoms with Gasteiger partial charge < -0.3 is 5.73 Å². The summed E-state index contributed by atoms with van der Waals surface area (Å²) in [5, 5.41) is 4.10. The third-order valence-corrected chi connectivity index (χ3v) is 2.08. The van der Waals surface area contributed by atoms with Crippen LogP contribution in [0.25, 0.3) is 5.69 Å². The predicted molar refractivity (Wildman–Crippen MR) is 54.6 cm³/mol. The highest BCUT2D eigenvalue weighted by Crippen LogP contribution is 2.12. The van der Waals surface area contributed by atoms with Crippen LogP contribution in [-0.2, 0) is 0 Å². The van der Waals surface area contributed by atoms with E-state index in [-0.39, 0.29) is 5.69 Å². The summed E-state index contributed by atoms with van der Waals surface area (Å²) in [6.45, 7) is 1.89. The van der Waals surface area contributed by atoms with Crippen LogP contribution in [0.2, 0.25) is 0 Å². The molecule has 2 aromatic rings. The average Bonchev–Trinajstić information content (AvgIpc) is 2.64. The lowest BCUT2D eigenvalue weighted by Gasteiger charge is -2.06. The Morgan fingerprint density at radius 3 is 2.80 bits per heavy atom. The normalized spacial score (nSPS) is 10.2. The van der Waals surface area contributed by atoms with Crippen LogP contribution >= 0.6 is 0 Å². The standard InChI is InChI=1S/C10H10N4O/c1-7-4-6-13-14(7)8-3-2-5-12-9(8)10(11)15/h2-6H,1H3,(H2,11,15). The molecule has 0 saturated heterocycles. The summed E-state index contributed by atoms with van der Waals surface area (Å²) in [5.74, 6) is -0.555. The monoisotopic (exact) mass is 202 g/mol. The smallest absolute Gasteiger partial charge is 0.269 e. The van der Waals surface area contributed by atoms with Crippen molar-refractivity contribution in [1.82, 2.24) is 14.8 Å². The molecule has 2 heterocycles. The maximum absolute atomic E-state index is 11.1. The average molecular weight is 202 g/mol. The van der Waals surface area contributed by atoms with Gasteiger partial charge in [0.05, 0.1) is 5.69 Å². The van der Waals surface area contributed by atoms with Gasteiger partial charge in [-0.3, -0.25) is 4.79 Å². The van der Waals surface area contributed by atoms with Crippen LogP contribution in [0.4, 0.5) is 0 Å². The Kier molecular flexibility index (Phi) is 2.21. The number of aryl methyl sites for hydroxylation is 1. The topological polar surface area (TPSA) is 73.8 Å². The number of carbonyl (C=O) groups is 1. The van der Waals surface area contributed by atoms with Gasteiger partial charge in [-0.2, -0.15) is 5.10 Å². The van der Waals surface area contributed by atoms with Crippen LogP contribution in [0.1, 0.15) is 16.2 Å². The molecule has 0 aliphatic heterocycles. The number of carbonyl (C=O) groups excluding carboxylic acids is 1. The summed E-state index contributed by atoms with van der Waals surface area (Å²) in [6.07, 6.45) is 3.19. The summed E-state index contributed by atoms with van der Waals surface area (Å²) in [6, 6.07) is 5.34. The van der Waals surface area contributed by atoms with Crippen molar-refractivity contribution in [3.63, 3.8) is 0 Å². The molecule has 15 heavy (non-hydrogen) atoms. The summed E-state index contributed by atoms with van der Waals surface area (Å²) in [5.41, 5.74) is 6.98. The second-order valence-corrected chi connectivity index (χ2v) is 3.12. The summed E-state index contributed by atoms with van der Waals surface area (Å²) in [7, 11) is 0. The number of amides is 1. The first kappa shape index (κ1) is 9.39. The molecule has 0 fully saturated rings. The van der Waals surface area contributed by atoms with Gasteiger partial charge in [0.2, 0.25) is 0 Å². The molecule has 76 valence electrons. The van der Waals surface area contributed by atoms with Crippen LogP contribution in [-0.4, -0.2) is 20.7 Å². The number of pyridine rings is 1. The molecule has 0 saturated carbocycles. The molecule has 5 nitrogen and oxygen atoms in total. The van der Waals surface area contributed by atoms with E-state index >= 15 is 0 Å². The highest BCUT2D eigenvalue weighted by atomic mass is 16.1. The lowest BCUT2D eigenvalue weighted by atomic mass is 10.3. The molecule has 0 spiro atoms. The molecule has 0 bridgehead atoms. The molecule has 0 aromatic carbocycles. The first-order chi connectivity index (χ1) is 7.20. The maximum atomic E-state index is 11.1. The van der Waals surface area contributed by atoms with Crippen LogP contribution < -0.4 is 5.73 Å². The van der Waals surface area contributed by atoms with E-state index in [1.165, 1.54) is 6.20 Å². The van der Waals surface area contributed by atoms with Crippen molar-refractivity contribution in [2.24, 2.45) is 5.73 Å². The number of primary amides is 1. The van der Waals surface area contributed by atoms with Gasteiger partial charge in [-0.25, -0.2) is 9.67 Å². The van der Waals surface area contributed by atoms with Gasteiger partial charge in [-0.05, 0) is 25.1 Å². The van der Waals surface area contributed by atoms with Crippen molar-refractivity contribution in [2.45, 2.75) is 6.92 Å². The Bertz CT molecular complexity index is 504. The molecule has 2 rings (SSSR count). The minimum atomic E-state index is -0.555. The second kappa shape index (κ2) is 3.53. The van der Waals surface area contributed by atoms with Gasteiger partial charge in [-0.1, -0.05) is 0 Å². The van der Waals surface area contributed by atoms with Gasteiger partial charge in [0.25, 0.3) is 5.91 Å². The summed E-state index contributed by atoms with van der Waals surface area (Å²) in [4.78, 5) is 15.1. The molecule has 2 aromatic heterocycles. The molecule has 0 aliphatic carbocycles. The van der Waals surface area contributed by atoms with Crippen molar-refractivity contribution in [3.05, 3.63) is 42.0 Å². The Labute approximate surface area is 86.5 Å². The molecule has 1 amide bonds. The van der Waals surface area contributed by atoms with Crippen LogP contribution in [0.15, 0.2) is 30.6 Å². The van der Waals surface area contributed by atoms with E-state index in [1.807, 2.05) is 13.0 Å². The number of aromatic nitrogens is 3. The van der Waals surface area contributed by atoms with E-state index < -0.39 is 5.91 Å². The molecule has 0 aliphatic rings. The third kappa shape index (κ3) is 1.59. The van der Waals surface area contributed by atoms with Crippen LogP contribution in [0.5, 0.6) is 0 Å². The number of rotatable bonds is 2. The lowest BCUT2D eigenvalue weighted by molar-refractivity contribution is 0.0995. The largest absolute Gasteiger partial charge is 0.364 e. The fourth-order valence-corrected chi connectivity index (χ4v) is 1.38. The van der Waals surface area contributed by atoms with E-state index in [0.29, 0.717) is 5.69 Å². The summed E-state index contributed by atoms with van der Waals surface area (Å²) < 4.78 is 1.63. The third-order valence-electron chi connectivity index (χ3n) is 2.08. The van der Waals surface area contributed by atoms with E-state index in [2.05, 4.69) is 10.1 Å². The Hall–Kier alpha value is -2.17. The Morgan fingerprint density at radius 2 is 2.20 bits per heavy atom. The molecular weight excluding hydrogens is 192 g/mol. The number of hydrogen-bond donors (Lipinski definition) is 1. The van der Waals surface area contributed by atoms with Crippen molar-refractivity contribution in [2.75, 3.05) is 0 Å². The zero-order valence-corrected chi connectivity index (χ0v) is 8.21. The van der Waals surface area contributed by atoms with Crippen LogP contribution in [0.3, 0.4) is 0 Å². The van der Waals surface area contributed by atoms with E-state index in [4.69, 9.17) is 5.73 Å². The number of hydrogen-bond acceptors (Lipinski definition) is 3. The zero-order valence-electron chi connectivity index (χ0n) is 8.21. The van der Waals surface area contributed by atoms with E-state index in [9.17, 15) is 4.79 Å². The van der Waals surface area contributed by atoms with Crippen molar-refractivity contribution in [1.29, 1.82) is 0 Å².